The number of aromatic hydroxyl groups is 1. The van der Waals surface area contributed by atoms with Crippen LogP contribution in [0.25, 0.3) is 0 Å². The summed E-state index contributed by atoms with van der Waals surface area (Å²) in [6.45, 7) is 7.39. The third kappa shape index (κ3) is 4.48. The van der Waals surface area contributed by atoms with Gasteiger partial charge >= 0.3 is 0 Å². The maximum atomic E-state index is 10.0. The van der Waals surface area contributed by atoms with Gasteiger partial charge in [0, 0.05) is 28.2 Å². The van der Waals surface area contributed by atoms with Crippen LogP contribution in [-0.4, -0.2) is 36.2 Å². The Bertz CT molecular complexity index is 419. The number of phenols is 1. The average Bonchev–Trinajstić information content (AvgIpc) is 2.33. The highest BCUT2D eigenvalue weighted by atomic mass is 79.9. The molecule has 4 heteroatoms. The van der Waals surface area contributed by atoms with Crippen LogP contribution in [0.3, 0.4) is 0 Å². The molecular weight excluding hydrogens is 304 g/mol. The van der Waals surface area contributed by atoms with Gasteiger partial charge in [0.2, 0.25) is 0 Å². The summed E-state index contributed by atoms with van der Waals surface area (Å²) >= 11 is 3.46. The fraction of sp³-hybridized carbons (Fsp3) is 0.600. The molecule has 0 aliphatic heterocycles. The Morgan fingerprint density at radius 1 is 1.37 bits per heavy atom. The van der Waals surface area contributed by atoms with E-state index in [1.54, 1.807) is 6.07 Å². The average molecular weight is 329 g/mol. The number of nitrogens with zero attached hydrogens (tertiary/aromatic N) is 1. The van der Waals surface area contributed by atoms with Crippen molar-refractivity contribution in [2.24, 2.45) is 0 Å². The van der Waals surface area contributed by atoms with E-state index in [0.717, 1.165) is 23.0 Å². The zero-order valence-electron chi connectivity index (χ0n) is 12.5. The highest BCUT2D eigenvalue weighted by molar-refractivity contribution is 9.10. The highest BCUT2D eigenvalue weighted by Gasteiger charge is 2.22. The minimum absolute atomic E-state index is 0.0784. The zero-order chi connectivity index (χ0) is 14.6. The van der Waals surface area contributed by atoms with Gasteiger partial charge < -0.3 is 15.3 Å². The third-order valence-corrected chi connectivity index (χ3v) is 4.26. The summed E-state index contributed by atoms with van der Waals surface area (Å²) in [5.74, 6) is 0.352. The summed E-state index contributed by atoms with van der Waals surface area (Å²) in [6, 6.07) is 5.74. The molecule has 0 aliphatic carbocycles. The van der Waals surface area contributed by atoms with Crippen molar-refractivity contribution >= 4 is 15.9 Å². The molecule has 0 fully saturated rings. The maximum absolute atomic E-state index is 10.0. The van der Waals surface area contributed by atoms with Crippen molar-refractivity contribution in [1.82, 2.24) is 10.2 Å². The molecule has 1 atom stereocenters. The van der Waals surface area contributed by atoms with Crippen molar-refractivity contribution in [2.45, 2.75) is 38.8 Å². The first-order valence-corrected chi connectivity index (χ1v) is 7.46. The van der Waals surface area contributed by atoms with E-state index >= 15 is 0 Å². The van der Waals surface area contributed by atoms with E-state index in [1.165, 1.54) is 0 Å². The van der Waals surface area contributed by atoms with Crippen LogP contribution in [0.1, 0.15) is 38.8 Å². The van der Waals surface area contributed by atoms with E-state index in [0.29, 0.717) is 5.75 Å². The number of nitrogens with one attached hydrogen (secondary N) is 1. The van der Waals surface area contributed by atoms with Gasteiger partial charge in [0.1, 0.15) is 5.75 Å². The van der Waals surface area contributed by atoms with Crippen molar-refractivity contribution in [3.05, 3.63) is 28.2 Å². The second-order valence-electron chi connectivity index (χ2n) is 5.75. The Kier molecular flexibility index (Phi) is 5.83. The molecular formula is C15H25BrN2O. The fourth-order valence-electron chi connectivity index (χ4n) is 1.81. The summed E-state index contributed by atoms with van der Waals surface area (Å²) in [5.41, 5.74) is 1.03. The first-order chi connectivity index (χ1) is 8.77. The predicted octanol–water partition coefficient (Wildman–Crippen LogP) is 3.54. The summed E-state index contributed by atoms with van der Waals surface area (Å²) in [6.07, 6.45) is 0.938. The standard InChI is InChI=1S/C15H25BrN2O/c1-6-13(17-10-15(2,3)18(4)5)12-9-11(16)7-8-14(12)19/h7-9,13,17,19H,6,10H2,1-5H3. The summed E-state index contributed by atoms with van der Waals surface area (Å²) in [4.78, 5) is 2.20. The number of halogens is 1. The van der Waals surface area contributed by atoms with Gasteiger partial charge in [-0.15, -0.1) is 0 Å². The van der Waals surface area contributed by atoms with Gasteiger partial charge in [-0.3, -0.25) is 0 Å². The van der Waals surface area contributed by atoms with E-state index < -0.39 is 0 Å². The van der Waals surface area contributed by atoms with E-state index in [2.05, 4.69) is 61.0 Å². The minimum atomic E-state index is 0.0784. The monoisotopic (exact) mass is 328 g/mol. The van der Waals surface area contributed by atoms with E-state index in [-0.39, 0.29) is 11.6 Å². The lowest BCUT2D eigenvalue weighted by atomic mass is 10.00. The number of benzene rings is 1. The van der Waals surface area contributed by atoms with Crippen LogP contribution in [0.2, 0.25) is 0 Å². The van der Waals surface area contributed by atoms with E-state index in [4.69, 9.17) is 0 Å². The molecule has 0 heterocycles. The van der Waals surface area contributed by atoms with Gasteiger partial charge in [-0.05, 0) is 52.6 Å². The number of rotatable bonds is 6. The first kappa shape index (κ1) is 16.5. The second-order valence-corrected chi connectivity index (χ2v) is 6.67. The molecule has 19 heavy (non-hydrogen) atoms. The lowest BCUT2D eigenvalue weighted by Gasteiger charge is -2.34. The quantitative estimate of drug-likeness (QED) is 0.838. The second kappa shape index (κ2) is 6.73. The van der Waals surface area contributed by atoms with Crippen LogP contribution < -0.4 is 5.32 Å². The normalized spacial score (nSPS) is 13.8. The molecule has 1 unspecified atom stereocenters. The largest absolute Gasteiger partial charge is 0.508 e. The third-order valence-electron chi connectivity index (χ3n) is 3.76. The lowest BCUT2D eigenvalue weighted by molar-refractivity contribution is 0.183. The van der Waals surface area contributed by atoms with Gasteiger partial charge in [0.05, 0.1) is 0 Å². The van der Waals surface area contributed by atoms with Crippen molar-refractivity contribution in [1.29, 1.82) is 0 Å². The summed E-state index contributed by atoms with van der Waals surface area (Å²) in [5, 5.41) is 13.6. The van der Waals surface area contributed by atoms with E-state index in [1.807, 2.05) is 12.1 Å². The SMILES string of the molecule is CCC(NCC(C)(C)N(C)C)c1cc(Br)ccc1O. The molecule has 108 valence electrons. The highest BCUT2D eigenvalue weighted by Crippen LogP contribution is 2.29. The van der Waals surface area contributed by atoms with Gasteiger partial charge in [0.15, 0.2) is 0 Å². The fourth-order valence-corrected chi connectivity index (χ4v) is 2.19. The minimum Gasteiger partial charge on any atom is -0.508 e. The molecule has 0 aromatic heterocycles. The lowest BCUT2D eigenvalue weighted by Crippen LogP contribution is -2.47. The Hall–Kier alpha value is -0.580. The van der Waals surface area contributed by atoms with Crippen molar-refractivity contribution in [2.75, 3.05) is 20.6 Å². The molecule has 1 rings (SSSR count). The van der Waals surface area contributed by atoms with Crippen LogP contribution in [-0.2, 0) is 0 Å². The van der Waals surface area contributed by atoms with E-state index in [9.17, 15) is 5.11 Å². The van der Waals surface area contributed by atoms with Crippen LogP contribution >= 0.6 is 15.9 Å². The molecule has 0 saturated heterocycles. The molecule has 2 N–H and O–H groups in total. The smallest absolute Gasteiger partial charge is 0.120 e. The number of hydrogen-bond donors (Lipinski definition) is 2. The maximum Gasteiger partial charge on any atom is 0.120 e. The summed E-state index contributed by atoms with van der Waals surface area (Å²) in [7, 11) is 4.17. The van der Waals surface area contributed by atoms with Crippen LogP contribution in [0.4, 0.5) is 0 Å². The molecule has 0 saturated carbocycles. The topological polar surface area (TPSA) is 35.5 Å². The van der Waals surface area contributed by atoms with Gasteiger partial charge in [-0.25, -0.2) is 0 Å². The summed E-state index contributed by atoms with van der Waals surface area (Å²) < 4.78 is 0.993. The molecule has 0 bridgehead atoms. The first-order valence-electron chi connectivity index (χ1n) is 6.67. The Morgan fingerprint density at radius 3 is 2.53 bits per heavy atom. The van der Waals surface area contributed by atoms with Crippen molar-refractivity contribution < 1.29 is 5.11 Å². The van der Waals surface area contributed by atoms with Crippen LogP contribution in [0.5, 0.6) is 5.75 Å². The van der Waals surface area contributed by atoms with Crippen LogP contribution in [0.15, 0.2) is 22.7 Å². The van der Waals surface area contributed by atoms with Crippen molar-refractivity contribution in [3.63, 3.8) is 0 Å². The van der Waals surface area contributed by atoms with Gasteiger partial charge in [-0.2, -0.15) is 0 Å². The van der Waals surface area contributed by atoms with Crippen LogP contribution in [0, 0.1) is 0 Å². The molecule has 0 aliphatic rings. The Balaban J connectivity index is 2.82. The molecule has 0 amide bonds. The predicted molar refractivity (Wildman–Crippen MR) is 84.6 cm³/mol. The Labute approximate surface area is 125 Å². The van der Waals surface area contributed by atoms with Gasteiger partial charge in [-0.1, -0.05) is 22.9 Å². The molecule has 3 nitrogen and oxygen atoms in total. The Morgan fingerprint density at radius 2 is 2.00 bits per heavy atom. The number of likely N-dealkylation sites (N-methyl/N-ethyl adjacent to an activating group) is 1. The molecule has 0 radical (unpaired) electrons. The zero-order valence-corrected chi connectivity index (χ0v) is 14.1. The number of hydrogen-bond acceptors (Lipinski definition) is 3. The van der Waals surface area contributed by atoms with Crippen molar-refractivity contribution in [3.8, 4) is 5.75 Å². The molecule has 1 aromatic carbocycles. The number of phenolic OH excluding ortho intramolecular Hbond substituents is 1. The van der Waals surface area contributed by atoms with Gasteiger partial charge in [0.25, 0.3) is 0 Å². The molecule has 0 spiro atoms. The molecule has 1 aromatic rings.